The van der Waals surface area contributed by atoms with Crippen molar-refractivity contribution in [1.29, 1.82) is 0 Å². The van der Waals surface area contributed by atoms with Crippen LogP contribution in [0.3, 0.4) is 0 Å². The smallest absolute Gasteiger partial charge is 0.191 e. The second kappa shape index (κ2) is 9.57. The summed E-state index contributed by atoms with van der Waals surface area (Å²) in [6, 6.07) is 18.6. The maximum atomic E-state index is 4.67. The number of guanidine groups is 1. The van der Waals surface area contributed by atoms with Crippen molar-refractivity contribution in [3.63, 3.8) is 0 Å². The molecule has 140 valence electrons. The Morgan fingerprint density at radius 3 is 2.52 bits per heavy atom. The second-order valence-corrected chi connectivity index (χ2v) is 6.49. The van der Waals surface area contributed by atoms with E-state index in [2.05, 4.69) is 77.2 Å². The van der Waals surface area contributed by atoms with Crippen molar-refractivity contribution >= 4 is 5.96 Å². The largest absolute Gasteiger partial charge is 0.357 e. The number of rotatable bonds is 7. The van der Waals surface area contributed by atoms with E-state index in [0.29, 0.717) is 6.54 Å². The number of nitrogens with one attached hydrogen (secondary N) is 2. The van der Waals surface area contributed by atoms with Crippen molar-refractivity contribution < 1.29 is 0 Å². The Balaban J connectivity index is 1.53. The number of aromatic nitrogens is 2. The zero-order valence-corrected chi connectivity index (χ0v) is 16.0. The Bertz CT molecular complexity index is 850. The van der Waals surface area contributed by atoms with Crippen LogP contribution in [0, 0.1) is 6.92 Å². The molecule has 0 radical (unpaired) electrons. The predicted octanol–water partition coefficient (Wildman–Crippen LogP) is 3.48. The van der Waals surface area contributed by atoms with Gasteiger partial charge in [-0.2, -0.15) is 5.10 Å². The Hall–Kier alpha value is -3.08. The van der Waals surface area contributed by atoms with E-state index in [1.807, 2.05) is 29.1 Å². The molecule has 0 saturated carbocycles. The van der Waals surface area contributed by atoms with E-state index < -0.39 is 0 Å². The molecule has 0 aliphatic heterocycles. The molecule has 2 aromatic carbocycles. The van der Waals surface area contributed by atoms with E-state index in [4.69, 9.17) is 0 Å². The Morgan fingerprint density at radius 1 is 1.00 bits per heavy atom. The molecule has 0 bridgehead atoms. The van der Waals surface area contributed by atoms with Gasteiger partial charge in [0.1, 0.15) is 0 Å². The van der Waals surface area contributed by atoms with Crippen molar-refractivity contribution in [2.45, 2.75) is 26.8 Å². The molecule has 2 N–H and O–H groups in total. The maximum absolute atomic E-state index is 4.67. The Labute approximate surface area is 161 Å². The van der Waals surface area contributed by atoms with Gasteiger partial charge in [-0.1, -0.05) is 48.0 Å². The minimum absolute atomic E-state index is 0.668. The molecule has 0 fully saturated rings. The molecule has 0 amide bonds. The molecule has 3 aromatic rings. The summed E-state index contributed by atoms with van der Waals surface area (Å²) in [5, 5.41) is 11.1. The first-order valence-corrected chi connectivity index (χ1v) is 9.41. The van der Waals surface area contributed by atoms with E-state index in [1.54, 1.807) is 0 Å². The number of hydrogen-bond acceptors (Lipinski definition) is 2. The van der Waals surface area contributed by atoms with Gasteiger partial charge in [-0.25, -0.2) is 9.67 Å². The topological polar surface area (TPSA) is 54.2 Å². The van der Waals surface area contributed by atoms with Gasteiger partial charge < -0.3 is 10.6 Å². The van der Waals surface area contributed by atoms with Crippen molar-refractivity contribution in [3.8, 4) is 5.69 Å². The first-order chi connectivity index (χ1) is 13.2. The van der Waals surface area contributed by atoms with Crippen molar-refractivity contribution in [2.24, 2.45) is 4.99 Å². The molecule has 0 aliphatic rings. The average Bonchev–Trinajstić information content (AvgIpc) is 3.17. The molecular weight excluding hydrogens is 334 g/mol. The predicted molar refractivity (Wildman–Crippen MR) is 111 cm³/mol. The fraction of sp³-hybridized carbons (Fsp3) is 0.273. The summed E-state index contributed by atoms with van der Waals surface area (Å²) < 4.78 is 1.91. The number of para-hydroxylation sites is 1. The van der Waals surface area contributed by atoms with Gasteiger partial charge in [0.15, 0.2) is 5.96 Å². The molecule has 5 heteroatoms. The first-order valence-electron chi connectivity index (χ1n) is 9.41. The van der Waals surface area contributed by atoms with Crippen LogP contribution < -0.4 is 10.6 Å². The summed E-state index contributed by atoms with van der Waals surface area (Å²) in [6.45, 7) is 6.49. The van der Waals surface area contributed by atoms with Crippen LogP contribution in [0.25, 0.3) is 5.69 Å². The SMILES string of the molecule is CCNC(=NCc1ccc(C)cc1)NCCc1cnn(-c2ccccc2)c1. The van der Waals surface area contributed by atoms with Crippen LogP contribution in [-0.2, 0) is 13.0 Å². The number of benzene rings is 2. The monoisotopic (exact) mass is 361 g/mol. The Kier molecular flexibility index (Phi) is 6.63. The lowest BCUT2D eigenvalue weighted by Gasteiger charge is -2.11. The third-order valence-electron chi connectivity index (χ3n) is 4.25. The van der Waals surface area contributed by atoms with Gasteiger partial charge in [0.05, 0.1) is 18.4 Å². The summed E-state index contributed by atoms with van der Waals surface area (Å²) in [4.78, 5) is 4.67. The van der Waals surface area contributed by atoms with Gasteiger partial charge in [0.2, 0.25) is 0 Å². The van der Waals surface area contributed by atoms with Gasteiger partial charge >= 0.3 is 0 Å². The van der Waals surface area contributed by atoms with Crippen LogP contribution in [0.5, 0.6) is 0 Å². The molecule has 0 saturated heterocycles. The quantitative estimate of drug-likeness (QED) is 0.500. The zero-order valence-electron chi connectivity index (χ0n) is 16.0. The summed E-state index contributed by atoms with van der Waals surface area (Å²) in [5.41, 5.74) is 4.75. The van der Waals surface area contributed by atoms with Gasteiger partial charge in [-0.05, 0) is 43.5 Å². The summed E-state index contributed by atoms with van der Waals surface area (Å²) in [5.74, 6) is 0.841. The van der Waals surface area contributed by atoms with Crippen LogP contribution in [0.15, 0.2) is 72.0 Å². The third-order valence-corrected chi connectivity index (χ3v) is 4.25. The van der Waals surface area contributed by atoms with Gasteiger partial charge in [-0.15, -0.1) is 0 Å². The van der Waals surface area contributed by atoms with E-state index in [9.17, 15) is 0 Å². The number of aliphatic imine (C=N–C) groups is 1. The van der Waals surface area contributed by atoms with Crippen LogP contribution in [0.1, 0.15) is 23.6 Å². The second-order valence-electron chi connectivity index (χ2n) is 6.49. The third kappa shape index (κ3) is 5.71. The number of nitrogens with zero attached hydrogens (tertiary/aromatic N) is 3. The summed E-state index contributed by atoms with van der Waals surface area (Å²) in [7, 11) is 0. The van der Waals surface area contributed by atoms with Crippen LogP contribution in [-0.4, -0.2) is 28.8 Å². The fourth-order valence-corrected chi connectivity index (χ4v) is 2.74. The fourth-order valence-electron chi connectivity index (χ4n) is 2.74. The lowest BCUT2D eigenvalue weighted by Crippen LogP contribution is -2.38. The van der Waals surface area contributed by atoms with E-state index >= 15 is 0 Å². The van der Waals surface area contributed by atoms with Crippen molar-refractivity contribution in [2.75, 3.05) is 13.1 Å². The molecule has 27 heavy (non-hydrogen) atoms. The highest BCUT2D eigenvalue weighted by Gasteiger charge is 2.02. The molecule has 0 atom stereocenters. The zero-order chi connectivity index (χ0) is 18.9. The highest BCUT2D eigenvalue weighted by atomic mass is 15.3. The number of hydrogen-bond donors (Lipinski definition) is 2. The van der Waals surface area contributed by atoms with Crippen molar-refractivity contribution in [1.82, 2.24) is 20.4 Å². The first kappa shape index (κ1) is 18.7. The lowest BCUT2D eigenvalue weighted by atomic mass is 10.1. The van der Waals surface area contributed by atoms with Gasteiger partial charge in [0, 0.05) is 19.3 Å². The van der Waals surface area contributed by atoms with E-state index in [0.717, 1.165) is 31.2 Å². The molecule has 3 rings (SSSR count). The maximum Gasteiger partial charge on any atom is 0.191 e. The van der Waals surface area contributed by atoms with E-state index in [-0.39, 0.29) is 0 Å². The van der Waals surface area contributed by atoms with Gasteiger partial charge in [-0.3, -0.25) is 0 Å². The minimum atomic E-state index is 0.668. The number of aryl methyl sites for hydroxylation is 1. The lowest BCUT2D eigenvalue weighted by molar-refractivity contribution is 0.799. The van der Waals surface area contributed by atoms with Crippen LogP contribution in [0.4, 0.5) is 0 Å². The highest BCUT2D eigenvalue weighted by molar-refractivity contribution is 5.79. The normalized spacial score (nSPS) is 11.4. The summed E-state index contributed by atoms with van der Waals surface area (Å²) >= 11 is 0. The average molecular weight is 361 g/mol. The van der Waals surface area contributed by atoms with E-state index in [1.165, 1.54) is 16.7 Å². The standard InChI is InChI=1S/C22H27N5/c1-3-23-22(25-15-19-11-9-18(2)10-12-19)24-14-13-20-16-26-27(17-20)21-7-5-4-6-8-21/h4-12,16-17H,3,13-15H2,1-2H3,(H2,23,24,25). The van der Waals surface area contributed by atoms with Crippen molar-refractivity contribution in [3.05, 3.63) is 83.7 Å². The minimum Gasteiger partial charge on any atom is -0.357 e. The molecule has 1 aromatic heterocycles. The molecular formula is C22H27N5. The Morgan fingerprint density at radius 2 is 1.78 bits per heavy atom. The molecule has 0 spiro atoms. The molecule has 0 aliphatic carbocycles. The molecule has 1 heterocycles. The molecule has 5 nitrogen and oxygen atoms in total. The van der Waals surface area contributed by atoms with Crippen LogP contribution in [0.2, 0.25) is 0 Å². The highest BCUT2D eigenvalue weighted by Crippen LogP contribution is 2.08. The summed E-state index contributed by atoms with van der Waals surface area (Å²) in [6.07, 6.45) is 4.89. The van der Waals surface area contributed by atoms with Gasteiger partial charge in [0.25, 0.3) is 0 Å². The van der Waals surface area contributed by atoms with Crippen LogP contribution >= 0.6 is 0 Å². The molecule has 0 unspecified atom stereocenters.